The Hall–Kier alpha value is -2.97. The Morgan fingerprint density at radius 2 is 2.00 bits per heavy atom. The van der Waals surface area contributed by atoms with Crippen molar-refractivity contribution in [1.29, 1.82) is 0 Å². The Kier molecular flexibility index (Phi) is 4.76. The molecule has 4 heterocycles. The summed E-state index contributed by atoms with van der Waals surface area (Å²) in [6, 6.07) is 7.95. The van der Waals surface area contributed by atoms with Crippen LogP contribution < -0.4 is 5.56 Å². The Labute approximate surface area is 186 Å². The lowest BCUT2D eigenvalue weighted by Crippen LogP contribution is -2.44. The highest BCUT2D eigenvalue weighted by Gasteiger charge is 2.45. The fraction of sp³-hybridized carbons (Fsp3) is 0.375. The van der Waals surface area contributed by atoms with Gasteiger partial charge in [-0.3, -0.25) is 4.79 Å². The minimum absolute atomic E-state index is 0.113. The van der Waals surface area contributed by atoms with E-state index in [0.29, 0.717) is 29.1 Å². The van der Waals surface area contributed by atoms with Crippen LogP contribution in [-0.4, -0.2) is 34.5 Å². The van der Waals surface area contributed by atoms with Crippen LogP contribution in [-0.2, 0) is 34.7 Å². The molecule has 0 amide bonds. The number of aliphatic hydroxyl groups is 1. The molecule has 7 nitrogen and oxygen atoms in total. The highest BCUT2D eigenvalue weighted by Crippen LogP contribution is 2.40. The summed E-state index contributed by atoms with van der Waals surface area (Å²) < 4.78 is 6.82. The van der Waals surface area contributed by atoms with Crippen LogP contribution in [0.4, 0.5) is 0 Å². The molecule has 1 radical (unpaired) electrons. The van der Waals surface area contributed by atoms with Crippen molar-refractivity contribution in [3.63, 3.8) is 0 Å². The van der Waals surface area contributed by atoms with E-state index in [1.165, 1.54) is 0 Å². The van der Waals surface area contributed by atoms with Gasteiger partial charge in [-0.1, -0.05) is 26.1 Å². The number of carbonyl (C=O) groups is 1. The van der Waals surface area contributed by atoms with Crippen LogP contribution in [0, 0.1) is 0 Å². The van der Waals surface area contributed by atoms with Gasteiger partial charge >= 0.3 is 5.97 Å². The number of phenols is 1. The van der Waals surface area contributed by atoms with Crippen LogP contribution in [0.2, 0.25) is 19.1 Å². The number of nitrogens with zero attached hydrogens (tertiary/aromatic N) is 2. The summed E-state index contributed by atoms with van der Waals surface area (Å²) in [5.74, 6) is -0.538. The molecule has 0 spiro atoms. The third-order valence-electron chi connectivity index (χ3n) is 6.66. The summed E-state index contributed by atoms with van der Waals surface area (Å²) in [7, 11) is -0.478. The predicted octanol–water partition coefficient (Wildman–Crippen LogP) is 3.08. The minimum Gasteiger partial charge on any atom is -0.508 e. The van der Waals surface area contributed by atoms with Gasteiger partial charge in [-0.25, -0.2) is 9.78 Å². The molecule has 0 saturated carbocycles. The molecule has 0 bridgehead atoms. The van der Waals surface area contributed by atoms with E-state index in [1.54, 1.807) is 35.8 Å². The van der Waals surface area contributed by atoms with Crippen LogP contribution in [0.25, 0.3) is 22.3 Å². The van der Waals surface area contributed by atoms with Gasteiger partial charge in [-0.2, -0.15) is 0 Å². The number of ether oxygens (including phenoxy) is 1. The van der Waals surface area contributed by atoms with Crippen molar-refractivity contribution in [1.82, 2.24) is 9.55 Å². The first-order valence-corrected chi connectivity index (χ1v) is 13.6. The van der Waals surface area contributed by atoms with E-state index in [1.807, 2.05) is 0 Å². The summed E-state index contributed by atoms with van der Waals surface area (Å²) in [5.41, 5.74) is 2.69. The molecule has 2 aromatic heterocycles. The number of cyclic esters (lactones) is 1. The molecule has 3 aromatic rings. The molecule has 165 valence electrons. The summed E-state index contributed by atoms with van der Waals surface area (Å²) in [6.45, 7) is 6.46. The highest BCUT2D eigenvalue weighted by molar-refractivity contribution is 6.55. The molecule has 2 aliphatic heterocycles. The van der Waals surface area contributed by atoms with E-state index in [2.05, 4.69) is 13.1 Å². The molecular weight excluding hydrogens is 424 g/mol. The van der Waals surface area contributed by atoms with Crippen LogP contribution >= 0.6 is 0 Å². The third kappa shape index (κ3) is 2.93. The van der Waals surface area contributed by atoms with E-state index in [-0.39, 0.29) is 24.3 Å². The first-order valence-electron chi connectivity index (χ1n) is 10.8. The van der Waals surface area contributed by atoms with Crippen LogP contribution in [0.1, 0.15) is 35.6 Å². The van der Waals surface area contributed by atoms with E-state index in [0.717, 1.165) is 34.5 Å². The normalized spacial score (nSPS) is 19.1. The highest BCUT2D eigenvalue weighted by atomic mass is 28.3. The molecule has 5 rings (SSSR count). The monoisotopic (exact) mass is 449 g/mol. The third-order valence-corrected chi connectivity index (χ3v) is 7.91. The number of rotatable bonds is 4. The lowest BCUT2D eigenvalue weighted by atomic mass is 9.86. The number of carbonyl (C=O) groups excluding carboxylic acids is 1. The Morgan fingerprint density at radius 3 is 2.72 bits per heavy atom. The number of benzene rings is 1. The van der Waals surface area contributed by atoms with E-state index < -0.39 is 20.4 Å². The zero-order chi connectivity index (χ0) is 22.8. The van der Waals surface area contributed by atoms with Crippen molar-refractivity contribution in [3.05, 3.63) is 56.9 Å². The van der Waals surface area contributed by atoms with Crippen molar-refractivity contribution >= 4 is 25.7 Å². The Balaban J connectivity index is 1.78. The molecule has 1 aromatic carbocycles. The second kappa shape index (κ2) is 7.28. The Morgan fingerprint density at radius 1 is 1.22 bits per heavy atom. The average Bonchev–Trinajstić information content (AvgIpc) is 3.13. The second-order valence-electron chi connectivity index (χ2n) is 8.93. The number of aromatic nitrogens is 2. The average molecular weight is 450 g/mol. The fourth-order valence-corrected chi connectivity index (χ4v) is 5.56. The number of hydrogen-bond donors (Lipinski definition) is 2. The zero-order valence-corrected chi connectivity index (χ0v) is 19.4. The topological polar surface area (TPSA) is 102 Å². The summed E-state index contributed by atoms with van der Waals surface area (Å²) >= 11 is 0. The van der Waals surface area contributed by atoms with Gasteiger partial charge in [0, 0.05) is 25.3 Å². The molecule has 2 aliphatic rings. The SMILES string of the molecule is CC[C@@]1(O)C(=O)OCc2c1cc1n(c2=O)Cc2c-1nc1ccc(O)cc1c2CC[Si](C)C. The first-order chi connectivity index (χ1) is 15.2. The molecule has 2 N–H and O–H groups in total. The standard InChI is InChI=1S/C24H25N2O5Si/c1-4-24(30)18-10-20-21-16(11-26(20)22(28)17(18)12-31-23(24)29)14(7-8-32(2)3)15-9-13(27)5-6-19(15)25-21/h5-6,9-10,27,30H,4,7-8,11-12H2,1-3H3/t24-/m0/s1. The quantitative estimate of drug-likeness (QED) is 0.367. The molecule has 0 unspecified atom stereocenters. The first kappa shape index (κ1) is 20.9. The van der Waals surface area contributed by atoms with Crippen molar-refractivity contribution in [2.45, 2.75) is 57.7 Å². The van der Waals surface area contributed by atoms with Crippen molar-refractivity contribution in [2.24, 2.45) is 0 Å². The maximum absolute atomic E-state index is 13.4. The maximum Gasteiger partial charge on any atom is 0.343 e. The lowest BCUT2D eigenvalue weighted by molar-refractivity contribution is -0.172. The summed E-state index contributed by atoms with van der Waals surface area (Å²) in [4.78, 5) is 30.6. The number of pyridine rings is 2. The number of aryl methyl sites for hydroxylation is 1. The zero-order valence-electron chi connectivity index (χ0n) is 18.4. The van der Waals surface area contributed by atoms with E-state index in [9.17, 15) is 19.8 Å². The number of aromatic hydroxyl groups is 1. The van der Waals surface area contributed by atoms with Gasteiger partial charge in [0.2, 0.25) is 0 Å². The predicted molar refractivity (Wildman–Crippen MR) is 122 cm³/mol. The lowest BCUT2D eigenvalue weighted by Gasteiger charge is -2.31. The number of fused-ring (bicyclic) bond motifs is 5. The van der Waals surface area contributed by atoms with Gasteiger partial charge in [-0.15, -0.1) is 0 Å². The van der Waals surface area contributed by atoms with Gasteiger partial charge in [0.05, 0.1) is 29.0 Å². The summed E-state index contributed by atoms with van der Waals surface area (Å²) in [6.07, 6.45) is 0.955. The minimum atomic E-state index is -1.84. The van der Waals surface area contributed by atoms with Gasteiger partial charge in [0.1, 0.15) is 12.4 Å². The van der Waals surface area contributed by atoms with E-state index >= 15 is 0 Å². The van der Waals surface area contributed by atoms with Crippen LogP contribution in [0.3, 0.4) is 0 Å². The summed E-state index contributed by atoms with van der Waals surface area (Å²) in [5, 5.41) is 22.0. The van der Waals surface area contributed by atoms with E-state index in [4.69, 9.17) is 9.72 Å². The van der Waals surface area contributed by atoms with Crippen LogP contribution in [0.15, 0.2) is 29.1 Å². The molecular formula is C24H25N2O5Si. The smallest absolute Gasteiger partial charge is 0.343 e. The number of hydrogen-bond acceptors (Lipinski definition) is 6. The largest absolute Gasteiger partial charge is 0.508 e. The maximum atomic E-state index is 13.4. The van der Waals surface area contributed by atoms with Gasteiger partial charge < -0.3 is 19.5 Å². The fourth-order valence-electron chi connectivity index (χ4n) is 4.81. The number of esters is 1. The molecule has 0 fully saturated rings. The van der Waals surface area contributed by atoms with Gasteiger partial charge in [0.15, 0.2) is 5.60 Å². The molecule has 1 atom stereocenters. The van der Waals surface area contributed by atoms with Gasteiger partial charge in [-0.05, 0) is 42.7 Å². The van der Waals surface area contributed by atoms with Gasteiger partial charge in [0.25, 0.3) is 5.56 Å². The van der Waals surface area contributed by atoms with Crippen molar-refractivity contribution < 1.29 is 19.7 Å². The number of phenolic OH excluding ortho intramolecular Hbond substituents is 1. The molecule has 32 heavy (non-hydrogen) atoms. The van der Waals surface area contributed by atoms with Crippen LogP contribution in [0.5, 0.6) is 5.75 Å². The Bertz CT molecular complexity index is 1350. The second-order valence-corrected chi connectivity index (χ2v) is 11.8. The molecule has 0 saturated heterocycles. The van der Waals surface area contributed by atoms with Crippen molar-refractivity contribution in [2.75, 3.05) is 0 Å². The molecule has 8 heteroatoms. The molecule has 0 aliphatic carbocycles. The van der Waals surface area contributed by atoms with Crippen molar-refractivity contribution in [3.8, 4) is 17.1 Å².